The van der Waals surface area contributed by atoms with Crippen LogP contribution in [0, 0.1) is 28.6 Å². The zero-order chi connectivity index (χ0) is 21.0. The average Bonchev–Trinajstić information content (AvgIpc) is 3.14. The summed E-state index contributed by atoms with van der Waals surface area (Å²) in [7, 11) is 1.64. The molecule has 5 atom stereocenters. The maximum atomic E-state index is 12.7. The molecule has 4 rings (SSSR count). The van der Waals surface area contributed by atoms with E-state index in [9.17, 15) is 9.90 Å². The van der Waals surface area contributed by atoms with Gasteiger partial charge in [-0.05, 0) is 66.0 Å². The summed E-state index contributed by atoms with van der Waals surface area (Å²) < 4.78 is 11.7. The van der Waals surface area contributed by atoms with Gasteiger partial charge in [0.15, 0.2) is 0 Å². The van der Waals surface area contributed by atoms with E-state index in [1.807, 2.05) is 6.07 Å². The minimum absolute atomic E-state index is 0.0270. The summed E-state index contributed by atoms with van der Waals surface area (Å²) in [6, 6.07) is 5.51. The third-order valence-corrected chi connectivity index (χ3v) is 7.95. The van der Waals surface area contributed by atoms with Gasteiger partial charge in [0.25, 0.3) is 0 Å². The number of amides is 1. The first-order valence-corrected chi connectivity index (χ1v) is 11.0. The fraction of sp³-hybridized carbons (Fsp3) is 0.708. The topological polar surface area (TPSA) is 67.8 Å². The highest BCUT2D eigenvalue weighted by Gasteiger charge is 2.68. The maximum absolute atomic E-state index is 12.7. The molecule has 1 aromatic rings. The number of rotatable bonds is 5. The van der Waals surface area contributed by atoms with Gasteiger partial charge in [0.05, 0.1) is 13.2 Å². The van der Waals surface area contributed by atoms with E-state index in [-0.39, 0.29) is 40.6 Å². The van der Waals surface area contributed by atoms with Crippen LogP contribution in [0.5, 0.6) is 11.5 Å². The van der Waals surface area contributed by atoms with Crippen LogP contribution in [0.4, 0.5) is 0 Å². The van der Waals surface area contributed by atoms with Crippen LogP contribution < -0.4 is 10.1 Å². The SMILES string of the molecule is COc1ccc(O)c([C@H]2OCCC34C[C@@H](C[C@H]23)C(C)(C)[C@H]4NC(=O)CC(C)C)c1. The molecular weight excluding hydrogens is 366 g/mol. The van der Waals surface area contributed by atoms with Gasteiger partial charge in [-0.1, -0.05) is 27.7 Å². The highest BCUT2D eigenvalue weighted by molar-refractivity contribution is 5.76. The molecule has 1 saturated heterocycles. The van der Waals surface area contributed by atoms with Crippen LogP contribution in [0.3, 0.4) is 0 Å². The lowest BCUT2D eigenvalue weighted by Crippen LogP contribution is -2.59. The Labute approximate surface area is 174 Å². The number of benzene rings is 1. The van der Waals surface area contributed by atoms with Crippen LogP contribution in [-0.4, -0.2) is 30.8 Å². The molecule has 1 amide bonds. The van der Waals surface area contributed by atoms with Crippen molar-refractivity contribution >= 4 is 5.91 Å². The van der Waals surface area contributed by atoms with Crippen LogP contribution in [-0.2, 0) is 9.53 Å². The van der Waals surface area contributed by atoms with E-state index in [1.54, 1.807) is 19.2 Å². The summed E-state index contributed by atoms with van der Waals surface area (Å²) in [6.45, 7) is 9.45. The Morgan fingerprint density at radius 3 is 2.83 bits per heavy atom. The average molecular weight is 402 g/mol. The lowest BCUT2D eigenvalue weighted by molar-refractivity contribution is -0.138. The Balaban J connectivity index is 1.67. The fourth-order valence-electron chi connectivity index (χ4n) is 6.57. The number of carbonyl (C=O) groups is 1. The predicted octanol–water partition coefficient (Wildman–Crippen LogP) is 4.45. The Morgan fingerprint density at radius 2 is 2.14 bits per heavy atom. The van der Waals surface area contributed by atoms with Gasteiger partial charge in [0.2, 0.25) is 5.91 Å². The molecule has 2 bridgehead atoms. The molecule has 0 aromatic heterocycles. The maximum Gasteiger partial charge on any atom is 0.220 e. The standard InChI is InChI=1S/C24H35NO4/c1-14(2)10-20(27)25-22-23(3,4)15-11-18-21(29-9-8-24(18,22)13-15)17-12-16(28-5)6-7-19(17)26/h6-7,12,14-15,18,21-22,26H,8-11,13H2,1-5H3,(H,25,27)/t15-,18-,21-,22-,24?/m1/s1. The van der Waals surface area contributed by atoms with Crippen molar-refractivity contribution in [2.45, 2.75) is 65.5 Å². The molecule has 0 radical (unpaired) electrons. The zero-order valence-electron chi connectivity index (χ0n) is 18.3. The van der Waals surface area contributed by atoms with Crippen molar-refractivity contribution in [3.8, 4) is 11.5 Å². The van der Waals surface area contributed by atoms with Crippen molar-refractivity contribution in [3.05, 3.63) is 23.8 Å². The Bertz CT molecular complexity index is 789. The molecule has 1 aliphatic heterocycles. The van der Waals surface area contributed by atoms with Crippen LogP contribution in [0.25, 0.3) is 0 Å². The van der Waals surface area contributed by atoms with Gasteiger partial charge < -0.3 is 19.9 Å². The predicted molar refractivity (Wildman–Crippen MR) is 112 cm³/mol. The first kappa shape index (κ1) is 20.5. The molecule has 160 valence electrons. The quantitative estimate of drug-likeness (QED) is 0.765. The number of aromatic hydroxyl groups is 1. The Kier molecular flexibility index (Phi) is 5.09. The summed E-state index contributed by atoms with van der Waals surface area (Å²) in [5, 5.41) is 14.0. The fourth-order valence-corrected chi connectivity index (χ4v) is 6.57. The highest BCUT2D eigenvalue weighted by atomic mass is 16.5. The van der Waals surface area contributed by atoms with Gasteiger partial charge in [-0.3, -0.25) is 4.79 Å². The summed E-state index contributed by atoms with van der Waals surface area (Å²) in [4.78, 5) is 12.7. The number of fused-ring (bicyclic) bond motifs is 1. The third-order valence-electron chi connectivity index (χ3n) is 7.95. The number of methoxy groups -OCH3 is 1. The van der Waals surface area contributed by atoms with Crippen LogP contribution >= 0.6 is 0 Å². The number of phenolic OH excluding ortho intramolecular Hbond substituents is 1. The normalized spacial score (nSPS) is 34.8. The van der Waals surface area contributed by atoms with E-state index in [1.165, 1.54) is 0 Å². The largest absolute Gasteiger partial charge is 0.508 e. The van der Waals surface area contributed by atoms with E-state index < -0.39 is 0 Å². The first-order valence-electron chi connectivity index (χ1n) is 11.0. The second-order valence-electron chi connectivity index (χ2n) is 10.4. The molecule has 2 N–H and O–H groups in total. The molecule has 3 fully saturated rings. The van der Waals surface area contributed by atoms with Crippen molar-refractivity contribution in [1.29, 1.82) is 0 Å². The number of nitrogens with one attached hydrogen (secondary N) is 1. The lowest BCUT2D eigenvalue weighted by Gasteiger charge is -2.53. The van der Waals surface area contributed by atoms with Crippen LogP contribution in [0.1, 0.15) is 65.0 Å². The van der Waals surface area contributed by atoms with E-state index in [0.29, 0.717) is 24.9 Å². The molecule has 5 heteroatoms. The summed E-state index contributed by atoms with van der Waals surface area (Å²) >= 11 is 0. The third kappa shape index (κ3) is 3.22. The Morgan fingerprint density at radius 1 is 1.38 bits per heavy atom. The van der Waals surface area contributed by atoms with Gasteiger partial charge in [0, 0.05) is 24.6 Å². The molecular formula is C24H35NO4. The molecule has 29 heavy (non-hydrogen) atoms. The van der Waals surface area contributed by atoms with Crippen molar-refractivity contribution < 1.29 is 19.4 Å². The molecule has 2 aliphatic carbocycles. The second-order valence-corrected chi connectivity index (χ2v) is 10.4. The van der Waals surface area contributed by atoms with Crippen molar-refractivity contribution in [3.63, 3.8) is 0 Å². The number of phenols is 1. The van der Waals surface area contributed by atoms with Crippen LogP contribution in [0.2, 0.25) is 0 Å². The summed E-state index contributed by atoms with van der Waals surface area (Å²) in [5.41, 5.74) is 0.909. The first-order chi connectivity index (χ1) is 13.7. The van der Waals surface area contributed by atoms with Gasteiger partial charge in [-0.25, -0.2) is 0 Å². The highest BCUT2D eigenvalue weighted by Crippen LogP contribution is 2.70. The molecule has 1 spiro atoms. The summed E-state index contributed by atoms with van der Waals surface area (Å²) in [5.74, 6) is 2.33. The molecule has 3 aliphatic rings. The number of hydrogen-bond donors (Lipinski definition) is 2. The van der Waals surface area contributed by atoms with Gasteiger partial charge in [-0.2, -0.15) is 0 Å². The number of carbonyl (C=O) groups excluding carboxylic acids is 1. The minimum atomic E-state index is -0.163. The molecule has 1 aromatic carbocycles. The molecule has 1 unspecified atom stereocenters. The van der Waals surface area contributed by atoms with Gasteiger partial charge in [0.1, 0.15) is 11.5 Å². The molecule has 5 nitrogen and oxygen atoms in total. The van der Waals surface area contributed by atoms with Crippen LogP contribution in [0.15, 0.2) is 18.2 Å². The van der Waals surface area contributed by atoms with Crippen molar-refractivity contribution in [1.82, 2.24) is 5.32 Å². The van der Waals surface area contributed by atoms with E-state index in [2.05, 4.69) is 33.0 Å². The second kappa shape index (κ2) is 7.19. The van der Waals surface area contributed by atoms with Crippen molar-refractivity contribution in [2.24, 2.45) is 28.6 Å². The minimum Gasteiger partial charge on any atom is -0.508 e. The molecule has 1 heterocycles. The van der Waals surface area contributed by atoms with E-state index in [0.717, 1.165) is 30.6 Å². The van der Waals surface area contributed by atoms with Gasteiger partial charge >= 0.3 is 0 Å². The summed E-state index contributed by atoms with van der Waals surface area (Å²) in [6.07, 6.45) is 3.57. The van der Waals surface area contributed by atoms with E-state index >= 15 is 0 Å². The van der Waals surface area contributed by atoms with Gasteiger partial charge in [-0.15, -0.1) is 0 Å². The van der Waals surface area contributed by atoms with E-state index in [4.69, 9.17) is 9.47 Å². The molecule has 2 saturated carbocycles. The zero-order valence-corrected chi connectivity index (χ0v) is 18.3. The monoisotopic (exact) mass is 401 g/mol. The Hall–Kier alpha value is -1.75. The number of hydrogen-bond acceptors (Lipinski definition) is 4. The number of ether oxygens (including phenoxy) is 2. The smallest absolute Gasteiger partial charge is 0.220 e. The lowest BCUT2D eigenvalue weighted by atomic mass is 9.58. The van der Waals surface area contributed by atoms with Crippen molar-refractivity contribution in [2.75, 3.05) is 13.7 Å².